The van der Waals surface area contributed by atoms with Crippen LogP contribution in [0.4, 0.5) is 13.2 Å². The molecule has 0 fully saturated rings. The van der Waals surface area contributed by atoms with Crippen molar-refractivity contribution in [1.29, 1.82) is 0 Å². The molecule has 0 unspecified atom stereocenters. The highest BCUT2D eigenvalue weighted by Gasteiger charge is 2.30. The van der Waals surface area contributed by atoms with Gasteiger partial charge >= 0.3 is 11.9 Å². The van der Waals surface area contributed by atoms with Crippen LogP contribution in [0.2, 0.25) is 10.0 Å². The molecule has 6 nitrogen and oxygen atoms in total. The number of rotatable bonds is 4. The Balaban J connectivity index is 1.83. The van der Waals surface area contributed by atoms with E-state index < -0.39 is 23.0 Å². The van der Waals surface area contributed by atoms with Gasteiger partial charge in [-0.3, -0.25) is 4.79 Å². The minimum atomic E-state index is -4.50. The van der Waals surface area contributed by atoms with E-state index in [9.17, 15) is 22.8 Å². The van der Waals surface area contributed by atoms with Gasteiger partial charge in [0, 0.05) is 22.7 Å². The second-order valence-electron chi connectivity index (χ2n) is 8.36. The molecule has 0 radical (unpaired) electrons. The zero-order valence-corrected chi connectivity index (χ0v) is 20.6. The number of hydrogen-bond acceptors (Lipinski definition) is 3. The molecule has 0 aliphatic rings. The summed E-state index contributed by atoms with van der Waals surface area (Å²) in [6, 6.07) is 17.8. The molecular weight excluding hydrogens is 528 g/mol. The fourth-order valence-corrected chi connectivity index (χ4v) is 4.41. The molecule has 2 aromatic heterocycles. The van der Waals surface area contributed by atoms with Crippen LogP contribution in [0.5, 0.6) is 0 Å². The quantitative estimate of drug-likeness (QED) is 0.283. The van der Waals surface area contributed by atoms with Crippen LogP contribution in [0, 0.1) is 0 Å². The number of halogens is 5. The molecule has 11 heteroatoms. The highest BCUT2D eigenvalue weighted by Crippen LogP contribution is 2.34. The van der Waals surface area contributed by atoms with Crippen molar-refractivity contribution < 1.29 is 13.2 Å². The van der Waals surface area contributed by atoms with Crippen LogP contribution >= 0.6 is 23.2 Å². The van der Waals surface area contributed by atoms with Crippen molar-refractivity contribution >= 4 is 28.8 Å². The number of aromatic nitrogens is 4. The lowest BCUT2D eigenvalue weighted by Gasteiger charge is -2.16. The minimum Gasteiger partial charge on any atom is -0.267 e. The molecule has 0 aliphatic heterocycles. The van der Waals surface area contributed by atoms with Gasteiger partial charge in [0.25, 0.3) is 5.56 Å². The van der Waals surface area contributed by atoms with Crippen molar-refractivity contribution in [2.45, 2.75) is 12.7 Å². The number of nitrogens with zero attached hydrogens (tertiary/aromatic N) is 4. The summed E-state index contributed by atoms with van der Waals surface area (Å²) >= 11 is 12.2. The smallest absolute Gasteiger partial charge is 0.267 e. The topological polar surface area (TPSA) is 61.3 Å². The molecule has 0 saturated carbocycles. The largest absolute Gasteiger partial charge is 0.416 e. The van der Waals surface area contributed by atoms with Crippen molar-refractivity contribution in [3.05, 3.63) is 115 Å². The van der Waals surface area contributed by atoms with Gasteiger partial charge in [0.2, 0.25) is 0 Å². The fourth-order valence-electron chi connectivity index (χ4n) is 4.16. The lowest BCUT2D eigenvalue weighted by molar-refractivity contribution is -0.137. The number of hydrogen-bond donors (Lipinski definition) is 0. The van der Waals surface area contributed by atoms with Crippen LogP contribution in [0.3, 0.4) is 0 Å². The maximum absolute atomic E-state index is 14.0. The van der Waals surface area contributed by atoms with Gasteiger partial charge in [-0.1, -0.05) is 59.6 Å². The Morgan fingerprint density at radius 3 is 1.81 bits per heavy atom. The van der Waals surface area contributed by atoms with Gasteiger partial charge in [-0.05, 0) is 53.1 Å². The molecule has 0 saturated heterocycles. The third-order valence-corrected chi connectivity index (χ3v) is 6.45. The van der Waals surface area contributed by atoms with E-state index in [0.717, 1.165) is 21.3 Å². The van der Waals surface area contributed by atoms with E-state index in [0.29, 0.717) is 32.3 Å². The van der Waals surface area contributed by atoms with Gasteiger partial charge in [0.15, 0.2) is 5.65 Å². The summed E-state index contributed by atoms with van der Waals surface area (Å²) in [5.74, 6) is 0. The molecular formula is C26H17Cl2F3N4O2. The lowest BCUT2D eigenvalue weighted by atomic mass is 9.96. The van der Waals surface area contributed by atoms with Crippen LogP contribution < -0.4 is 11.2 Å². The normalized spacial score (nSPS) is 11.8. The summed E-state index contributed by atoms with van der Waals surface area (Å²) in [6.07, 6.45) is -4.50. The number of aryl methyl sites for hydroxylation is 1. The third-order valence-electron chi connectivity index (χ3n) is 5.95. The molecule has 0 bridgehead atoms. The maximum atomic E-state index is 14.0. The number of alkyl halides is 3. The first-order valence-corrected chi connectivity index (χ1v) is 11.7. The summed E-state index contributed by atoms with van der Waals surface area (Å²) in [6.45, 7) is -0.166. The molecule has 3 aromatic carbocycles. The van der Waals surface area contributed by atoms with E-state index in [1.54, 1.807) is 48.5 Å². The lowest BCUT2D eigenvalue weighted by Crippen LogP contribution is -2.34. The molecule has 5 rings (SSSR count). The Bertz CT molecular complexity index is 1740. The van der Waals surface area contributed by atoms with Crippen LogP contribution in [0.1, 0.15) is 11.1 Å². The number of benzene rings is 3. The SMILES string of the molecule is Cn1nc2c(-c3ccc(Cl)cc3)c(-c3ccc(Cl)cc3)c(=O)n(Cc3ccc(C(F)(F)F)cc3)n2c1=O. The van der Waals surface area contributed by atoms with Crippen molar-refractivity contribution in [2.24, 2.45) is 7.05 Å². The molecule has 37 heavy (non-hydrogen) atoms. The Hall–Kier alpha value is -3.82. The highest BCUT2D eigenvalue weighted by atomic mass is 35.5. The van der Waals surface area contributed by atoms with Gasteiger partial charge in [-0.25, -0.2) is 14.2 Å². The van der Waals surface area contributed by atoms with Gasteiger partial charge < -0.3 is 0 Å². The first-order chi connectivity index (χ1) is 17.5. The van der Waals surface area contributed by atoms with E-state index in [-0.39, 0.29) is 17.8 Å². The minimum absolute atomic E-state index is 0.166. The average molecular weight is 545 g/mol. The van der Waals surface area contributed by atoms with E-state index in [4.69, 9.17) is 23.2 Å². The van der Waals surface area contributed by atoms with Crippen molar-refractivity contribution in [2.75, 3.05) is 0 Å². The zero-order chi connectivity index (χ0) is 26.5. The number of fused-ring (bicyclic) bond motifs is 1. The Labute approximate surface area is 217 Å². The summed E-state index contributed by atoms with van der Waals surface area (Å²) < 4.78 is 42.6. The molecule has 2 heterocycles. The summed E-state index contributed by atoms with van der Waals surface area (Å²) in [5, 5.41) is 5.36. The maximum Gasteiger partial charge on any atom is 0.416 e. The van der Waals surface area contributed by atoms with Gasteiger partial charge in [-0.15, -0.1) is 5.10 Å². The van der Waals surface area contributed by atoms with Crippen LogP contribution in [-0.4, -0.2) is 19.0 Å². The van der Waals surface area contributed by atoms with Gasteiger partial charge in [0.05, 0.1) is 17.7 Å². The Morgan fingerprint density at radius 2 is 1.30 bits per heavy atom. The monoisotopic (exact) mass is 544 g/mol. The van der Waals surface area contributed by atoms with E-state index in [2.05, 4.69) is 5.10 Å². The Morgan fingerprint density at radius 1 is 0.784 bits per heavy atom. The molecule has 0 aliphatic carbocycles. The second-order valence-corrected chi connectivity index (χ2v) is 9.24. The van der Waals surface area contributed by atoms with Crippen LogP contribution in [0.25, 0.3) is 27.9 Å². The highest BCUT2D eigenvalue weighted by molar-refractivity contribution is 6.31. The van der Waals surface area contributed by atoms with Crippen LogP contribution in [-0.2, 0) is 19.8 Å². The second kappa shape index (κ2) is 9.24. The van der Waals surface area contributed by atoms with Crippen molar-refractivity contribution in [3.63, 3.8) is 0 Å². The van der Waals surface area contributed by atoms with Gasteiger partial charge in [-0.2, -0.15) is 17.7 Å². The van der Waals surface area contributed by atoms with E-state index >= 15 is 0 Å². The summed E-state index contributed by atoms with van der Waals surface area (Å²) in [7, 11) is 1.45. The predicted molar refractivity (Wildman–Crippen MR) is 136 cm³/mol. The zero-order valence-electron chi connectivity index (χ0n) is 19.1. The molecule has 0 N–H and O–H groups in total. The molecule has 0 atom stereocenters. The Kier molecular flexibility index (Phi) is 6.21. The summed E-state index contributed by atoms with van der Waals surface area (Å²) in [5.41, 5.74) is 0.456. The molecule has 5 aromatic rings. The van der Waals surface area contributed by atoms with E-state index in [1.165, 1.54) is 23.9 Å². The molecule has 0 spiro atoms. The fraction of sp³-hybridized carbons (Fsp3) is 0.115. The summed E-state index contributed by atoms with van der Waals surface area (Å²) in [4.78, 5) is 27.2. The van der Waals surface area contributed by atoms with Crippen LogP contribution in [0.15, 0.2) is 82.4 Å². The molecule has 188 valence electrons. The predicted octanol–water partition coefficient (Wildman–Crippen LogP) is 5.90. The van der Waals surface area contributed by atoms with Gasteiger partial charge in [0.1, 0.15) is 0 Å². The first-order valence-electron chi connectivity index (χ1n) is 11.0. The average Bonchev–Trinajstić information content (AvgIpc) is 3.15. The first kappa shape index (κ1) is 24.9. The van der Waals surface area contributed by atoms with Crippen molar-refractivity contribution in [1.82, 2.24) is 19.0 Å². The molecule has 0 amide bonds. The standard InChI is InChI=1S/C26H17Cl2F3N4O2/c1-33-25(37)35-23(32-33)21(16-4-10-19(27)11-5-16)22(17-6-12-20(28)13-7-17)24(36)34(35)14-15-2-8-18(9-3-15)26(29,30)31/h2-13H,14H2,1H3. The third kappa shape index (κ3) is 4.56. The van der Waals surface area contributed by atoms with Crippen molar-refractivity contribution in [3.8, 4) is 22.3 Å². The van der Waals surface area contributed by atoms with E-state index in [1.807, 2.05) is 0 Å².